The van der Waals surface area contributed by atoms with E-state index in [1.165, 1.54) is 7.11 Å². The van der Waals surface area contributed by atoms with Crippen LogP contribution in [0.3, 0.4) is 0 Å². The van der Waals surface area contributed by atoms with Crippen LogP contribution in [0.5, 0.6) is 0 Å². The molecular weight excluding hydrogens is 240 g/mol. The summed E-state index contributed by atoms with van der Waals surface area (Å²) in [5.41, 5.74) is 1.57. The Morgan fingerprint density at radius 3 is 2.58 bits per heavy atom. The highest BCUT2D eigenvalue weighted by Crippen LogP contribution is 2.22. The number of nitrogens with zero attached hydrogens (tertiary/aromatic N) is 2. The summed E-state index contributed by atoms with van der Waals surface area (Å²) in [7, 11) is 1.41. The van der Waals surface area contributed by atoms with E-state index in [1.807, 2.05) is 56.6 Å². The number of carbonyl (C=O) groups is 1. The number of esters is 1. The van der Waals surface area contributed by atoms with Gasteiger partial charge in [0.1, 0.15) is 0 Å². The Hall–Kier alpha value is -2.10. The molecule has 0 fully saturated rings. The number of hydrogen-bond acceptors (Lipinski definition) is 3. The molecule has 1 aromatic heterocycles. The predicted molar refractivity (Wildman–Crippen MR) is 73.5 cm³/mol. The third kappa shape index (κ3) is 3.02. The van der Waals surface area contributed by atoms with E-state index in [0.717, 1.165) is 11.1 Å². The fourth-order valence-electron chi connectivity index (χ4n) is 1.98. The Labute approximate surface area is 113 Å². The lowest BCUT2D eigenvalue weighted by Crippen LogP contribution is -2.30. The van der Waals surface area contributed by atoms with Crippen molar-refractivity contribution in [3.8, 4) is 11.1 Å². The van der Waals surface area contributed by atoms with Gasteiger partial charge in [-0.25, -0.2) is 0 Å². The van der Waals surface area contributed by atoms with Crippen molar-refractivity contribution < 1.29 is 9.53 Å². The zero-order chi connectivity index (χ0) is 13.9. The molecule has 1 heterocycles. The second-order valence-electron chi connectivity index (χ2n) is 5.17. The predicted octanol–water partition coefficient (Wildman–Crippen LogP) is 2.75. The molecule has 0 amide bonds. The first-order valence-corrected chi connectivity index (χ1v) is 6.19. The Morgan fingerprint density at radius 2 is 1.95 bits per heavy atom. The molecule has 0 saturated heterocycles. The number of ether oxygens (including phenoxy) is 1. The zero-order valence-electron chi connectivity index (χ0n) is 11.5. The van der Waals surface area contributed by atoms with Crippen LogP contribution in [-0.4, -0.2) is 22.9 Å². The van der Waals surface area contributed by atoms with Crippen molar-refractivity contribution in [1.29, 1.82) is 0 Å². The summed E-state index contributed by atoms with van der Waals surface area (Å²) in [4.78, 5) is 11.7. The molecule has 19 heavy (non-hydrogen) atoms. The second kappa shape index (κ2) is 5.26. The van der Waals surface area contributed by atoms with E-state index in [2.05, 4.69) is 5.10 Å². The molecule has 0 saturated carbocycles. The van der Waals surface area contributed by atoms with Gasteiger partial charge in [0.15, 0.2) is 0 Å². The standard InChI is InChI=1S/C15H18N2O2/c1-15(2,14(18)19-3)11-17-10-13(9-16-17)12-7-5-4-6-8-12/h4-10H,11H2,1-3H3. The Balaban J connectivity index is 2.16. The molecule has 0 unspecified atom stereocenters. The minimum absolute atomic E-state index is 0.232. The first-order chi connectivity index (χ1) is 9.03. The van der Waals surface area contributed by atoms with Crippen molar-refractivity contribution in [2.75, 3.05) is 7.11 Å². The quantitative estimate of drug-likeness (QED) is 0.792. The van der Waals surface area contributed by atoms with E-state index in [-0.39, 0.29) is 5.97 Å². The van der Waals surface area contributed by atoms with Crippen LogP contribution in [0, 0.1) is 5.41 Å². The van der Waals surface area contributed by atoms with Crippen molar-refractivity contribution in [3.05, 3.63) is 42.7 Å². The molecule has 100 valence electrons. The van der Waals surface area contributed by atoms with Gasteiger partial charge in [0.05, 0.1) is 25.3 Å². The average Bonchev–Trinajstić information content (AvgIpc) is 2.86. The van der Waals surface area contributed by atoms with Gasteiger partial charge in [-0.15, -0.1) is 0 Å². The fraction of sp³-hybridized carbons (Fsp3) is 0.333. The molecule has 0 bridgehead atoms. The van der Waals surface area contributed by atoms with Gasteiger partial charge in [0, 0.05) is 11.8 Å². The number of methoxy groups -OCH3 is 1. The van der Waals surface area contributed by atoms with E-state index >= 15 is 0 Å². The van der Waals surface area contributed by atoms with Crippen LogP contribution in [0.25, 0.3) is 11.1 Å². The maximum absolute atomic E-state index is 11.7. The first-order valence-electron chi connectivity index (χ1n) is 6.19. The van der Waals surface area contributed by atoms with Crippen LogP contribution in [0.15, 0.2) is 42.7 Å². The van der Waals surface area contributed by atoms with Crippen LogP contribution in [0.2, 0.25) is 0 Å². The fourth-order valence-corrected chi connectivity index (χ4v) is 1.98. The van der Waals surface area contributed by atoms with Crippen molar-refractivity contribution >= 4 is 5.97 Å². The third-order valence-electron chi connectivity index (χ3n) is 3.04. The topological polar surface area (TPSA) is 44.1 Å². The third-order valence-corrected chi connectivity index (χ3v) is 3.04. The van der Waals surface area contributed by atoms with Crippen molar-refractivity contribution in [3.63, 3.8) is 0 Å². The molecule has 4 heteroatoms. The van der Waals surface area contributed by atoms with E-state index in [0.29, 0.717) is 6.54 Å². The normalized spacial score (nSPS) is 11.3. The Morgan fingerprint density at radius 1 is 1.26 bits per heavy atom. The summed E-state index contributed by atoms with van der Waals surface area (Å²) in [6.45, 7) is 4.19. The smallest absolute Gasteiger partial charge is 0.313 e. The van der Waals surface area contributed by atoms with Gasteiger partial charge in [-0.05, 0) is 19.4 Å². The molecule has 0 spiro atoms. The average molecular weight is 258 g/mol. The molecule has 0 aliphatic carbocycles. The lowest BCUT2D eigenvalue weighted by atomic mass is 9.94. The maximum atomic E-state index is 11.7. The van der Waals surface area contributed by atoms with E-state index < -0.39 is 5.41 Å². The number of hydrogen-bond donors (Lipinski definition) is 0. The van der Waals surface area contributed by atoms with Gasteiger partial charge in [0.25, 0.3) is 0 Å². The molecule has 1 aromatic carbocycles. The van der Waals surface area contributed by atoms with Crippen molar-refractivity contribution in [1.82, 2.24) is 9.78 Å². The number of aromatic nitrogens is 2. The lowest BCUT2D eigenvalue weighted by molar-refractivity contribution is -0.151. The SMILES string of the molecule is COC(=O)C(C)(C)Cn1cc(-c2ccccc2)cn1. The molecular formula is C15H18N2O2. The summed E-state index contributed by atoms with van der Waals surface area (Å²) in [5, 5.41) is 4.30. The molecule has 0 radical (unpaired) electrons. The highest BCUT2D eigenvalue weighted by molar-refractivity contribution is 5.75. The zero-order valence-corrected chi connectivity index (χ0v) is 11.5. The van der Waals surface area contributed by atoms with E-state index in [9.17, 15) is 4.79 Å². The van der Waals surface area contributed by atoms with Crippen LogP contribution >= 0.6 is 0 Å². The molecule has 2 rings (SSSR count). The molecule has 0 atom stereocenters. The summed E-state index contributed by atoms with van der Waals surface area (Å²) >= 11 is 0. The minimum Gasteiger partial charge on any atom is -0.469 e. The monoisotopic (exact) mass is 258 g/mol. The number of rotatable bonds is 4. The largest absolute Gasteiger partial charge is 0.469 e. The van der Waals surface area contributed by atoms with Gasteiger partial charge < -0.3 is 4.74 Å². The van der Waals surface area contributed by atoms with Gasteiger partial charge in [-0.3, -0.25) is 9.48 Å². The highest BCUT2D eigenvalue weighted by atomic mass is 16.5. The van der Waals surface area contributed by atoms with E-state index in [4.69, 9.17) is 4.74 Å². The summed E-state index contributed by atoms with van der Waals surface area (Å²) < 4.78 is 6.58. The lowest BCUT2D eigenvalue weighted by Gasteiger charge is -2.20. The molecule has 0 aliphatic heterocycles. The Bertz CT molecular complexity index is 559. The second-order valence-corrected chi connectivity index (χ2v) is 5.17. The molecule has 4 nitrogen and oxygen atoms in total. The highest BCUT2D eigenvalue weighted by Gasteiger charge is 2.29. The van der Waals surface area contributed by atoms with Crippen LogP contribution in [0.4, 0.5) is 0 Å². The van der Waals surface area contributed by atoms with Crippen LogP contribution < -0.4 is 0 Å². The van der Waals surface area contributed by atoms with Gasteiger partial charge in [-0.1, -0.05) is 30.3 Å². The summed E-state index contributed by atoms with van der Waals surface area (Å²) in [5.74, 6) is -0.232. The maximum Gasteiger partial charge on any atom is 0.313 e. The number of benzene rings is 1. The summed E-state index contributed by atoms with van der Waals surface area (Å²) in [6.07, 6.45) is 3.75. The van der Waals surface area contributed by atoms with Crippen LogP contribution in [0.1, 0.15) is 13.8 Å². The first kappa shape index (κ1) is 13.3. The molecule has 0 aliphatic rings. The van der Waals surface area contributed by atoms with Crippen molar-refractivity contribution in [2.24, 2.45) is 5.41 Å². The number of carbonyl (C=O) groups excluding carboxylic acids is 1. The summed E-state index contributed by atoms with van der Waals surface area (Å²) in [6, 6.07) is 10.0. The van der Waals surface area contributed by atoms with Gasteiger partial charge in [0.2, 0.25) is 0 Å². The van der Waals surface area contributed by atoms with Crippen molar-refractivity contribution in [2.45, 2.75) is 20.4 Å². The van der Waals surface area contributed by atoms with Crippen LogP contribution in [-0.2, 0) is 16.1 Å². The van der Waals surface area contributed by atoms with Gasteiger partial charge >= 0.3 is 5.97 Å². The van der Waals surface area contributed by atoms with Gasteiger partial charge in [-0.2, -0.15) is 5.10 Å². The molecule has 2 aromatic rings. The minimum atomic E-state index is -0.589. The molecule has 0 N–H and O–H groups in total. The van der Waals surface area contributed by atoms with E-state index in [1.54, 1.807) is 4.68 Å². The Kier molecular flexibility index (Phi) is 3.69.